The van der Waals surface area contributed by atoms with Gasteiger partial charge in [0, 0.05) is 0 Å². The SMILES string of the molecule is CCOC(=O)C1(C(OC(=O)C(C)(C)C)[C@@H](O[Si](C)(C)C(C)(C)C)c2ccccc2)SCCCS1. The third kappa shape index (κ3) is 6.83. The van der Waals surface area contributed by atoms with Gasteiger partial charge in [0.05, 0.1) is 12.0 Å². The van der Waals surface area contributed by atoms with Crippen molar-refractivity contribution in [3.8, 4) is 0 Å². The van der Waals surface area contributed by atoms with Gasteiger partial charge in [0.25, 0.3) is 0 Å². The first-order valence-corrected chi connectivity index (χ1v) is 16.9. The Morgan fingerprint density at radius 3 is 2.06 bits per heavy atom. The maximum Gasteiger partial charge on any atom is 0.336 e. The molecule has 1 aromatic carbocycles. The Morgan fingerprint density at radius 1 is 1.03 bits per heavy atom. The van der Waals surface area contributed by atoms with Crippen molar-refractivity contribution in [1.82, 2.24) is 0 Å². The molecule has 192 valence electrons. The summed E-state index contributed by atoms with van der Waals surface area (Å²) in [6.45, 7) is 18.5. The second-order valence-electron chi connectivity index (χ2n) is 11.2. The van der Waals surface area contributed by atoms with E-state index in [1.54, 1.807) is 6.92 Å². The molecule has 34 heavy (non-hydrogen) atoms. The van der Waals surface area contributed by atoms with Gasteiger partial charge >= 0.3 is 11.9 Å². The van der Waals surface area contributed by atoms with Gasteiger partial charge < -0.3 is 13.9 Å². The Kier molecular flexibility index (Phi) is 9.81. The summed E-state index contributed by atoms with van der Waals surface area (Å²) in [6.07, 6.45) is -0.462. The molecule has 5 nitrogen and oxygen atoms in total. The van der Waals surface area contributed by atoms with Crippen molar-refractivity contribution in [3.05, 3.63) is 35.9 Å². The zero-order chi connectivity index (χ0) is 25.8. The first-order chi connectivity index (χ1) is 15.7. The maximum absolute atomic E-state index is 13.6. The first kappa shape index (κ1) is 29.3. The predicted octanol–water partition coefficient (Wildman–Crippen LogP) is 6.84. The summed E-state index contributed by atoms with van der Waals surface area (Å²) in [5.74, 6) is 0.873. The molecule has 1 unspecified atom stereocenters. The van der Waals surface area contributed by atoms with Crippen molar-refractivity contribution < 1.29 is 23.5 Å². The van der Waals surface area contributed by atoms with E-state index in [0.717, 1.165) is 23.5 Å². The number of ether oxygens (including phenoxy) is 2. The first-order valence-electron chi connectivity index (χ1n) is 12.0. The van der Waals surface area contributed by atoms with Crippen molar-refractivity contribution in [2.24, 2.45) is 5.41 Å². The molecule has 2 atom stereocenters. The highest BCUT2D eigenvalue weighted by Gasteiger charge is 2.57. The van der Waals surface area contributed by atoms with Crippen LogP contribution in [0.4, 0.5) is 0 Å². The summed E-state index contributed by atoms with van der Waals surface area (Å²) < 4.78 is 17.8. The predicted molar refractivity (Wildman–Crippen MR) is 146 cm³/mol. The molecule has 2 rings (SSSR count). The second kappa shape index (κ2) is 11.4. The fourth-order valence-electron chi connectivity index (χ4n) is 3.25. The molecule has 8 heteroatoms. The van der Waals surface area contributed by atoms with E-state index in [1.165, 1.54) is 23.5 Å². The van der Waals surface area contributed by atoms with Crippen LogP contribution in [0.1, 0.15) is 66.6 Å². The van der Waals surface area contributed by atoms with Crippen molar-refractivity contribution in [2.45, 2.75) is 89.3 Å². The molecule has 0 bridgehead atoms. The van der Waals surface area contributed by atoms with Gasteiger partial charge in [-0.2, -0.15) is 0 Å². The van der Waals surface area contributed by atoms with Crippen LogP contribution in [0.5, 0.6) is 0 Å². The van der Waals surface area contributed by atoms with Gasteiger partial charge in [-0.05, 0) is 69.3 Å². The van der Waals surface area contributed by atoms with Crippen LogP contribution < -0.4 is 0 Å². The summed E-state index contributed by atoms with van der Waals surface area (Å²) in [4.78, 5) is 26.9. The van der Waals surface area contributed by atoms with Gasteiger partial charge in [0.1, 0.15) is 6.10 Å². The molecule has 0 amide bonds. The Morgan fingerprint density at radius 2 is 1.59 bits per heavy atom. The topological polar surface area (TPSA) is 61.8 Å². The summed E-state index contributed by atoms with van der Waals surface area (Å²) >= 11 is 3.05. The lowest BCUT2D eigenvalue weighted by atomic mass is 9.96. The molecule has 1 aliphatic heterocycles. The van der Waals surface area contributed by atoms with Crippen LogP contribution in [0, 0.1) is 5.41 Å². The van der Waals surface area contributed by atoms with Crippen LogP contribution >= 0.6 is 23.5 Å². The number of rotatable bonds is 8. The Bertz CT molecular complexity index is 824. The van der Waals surface area contributed by atoms with Crippen molar-refractivity contribution >= 4 is 43.8 Å². The average molecular weight is 527 g/mol. The number of carbonyl (C=O) groups excluding carboxylic acids is 2. The highest BCUT2D eigenvalue weighted by molar-refractivity contribution is 8.20. The molecule has 0 N–H and O–H groups in total. The van der Waals surface area contributed by atoms with E-state index < -0.39 is 30.0 Å². The number of hydrogen-bond donors (Lipinski definition) is 0. The number of benzene rings is 1. The van der Waals surface area contributed by atoms with Gasteiger partial charge in [-0.1, -0.05) is 51.1 Å². The van der Waals surface area contributed by atoms with E-state index in [-0.39, 0.29) is 23.6 Å². The molecule has 1 heterocycles. The van der Waals surface area contributed by atoms with Gasteiger partial charge in [0.2, 0.25) is 0 Å². The van der Waals surface area contributed by atoms with Gasteiger partial charge in [-0.15, -0.1) is 23.5 Å². The lowest BCUT2D eigenvalue weighted by molar-refractivity contribution is -0.169. The molecule has 1 aromatic rings. The molecule has 0 spiro atoms. The molecule has 0 aliphatic carbocycles. The fraction of sp³-hybridized carbons (Fsp3) is 0.692. The zero-order valence-electron chi connectivity index (χ0n) is 22.2. The lowest BCUT2D eigenvalue weighted by Gasteiger charge is -2.46. The summed E-state index contributed by atoms with van der Waals surface area (Å²) in [7, 11) is -2.32. The Hall–Kier alpha value is -0.963. The molecule has 0 radical (unpaired) electrons. The van der Waals surface area contributed by atoms with Crippen LogP contribution in [0.15, 0.2) is 30.3 Å². The average Bonchev–Trinajstić information content (AvgIpc) is 2.75. The minimum atomic E-state index is -2.32. The number of esters is 2. The monoisotopic (exact) mass is 526 g/mol. The molecule has 0 saturated carbocycles. The standard InChI is InChI=1S/C26H42O5S2Si/c1-10-29-23(28)26(32-17-14-18-33-26)21(30-22(27)24(2,3)4)20(19-15-12-11-13-16-19)31-34(8,9)25(5,6)7/h11-13,15-16,20-21H,10,14,17-18H2,1-9H3/t20-,21?/m0/s1. The van der Waals surface area contributed by atoms with Crippen LogP contribution in [0.25, 0.3) is 0 Å². The number of hydrogen-bond acceptors (Lipinski definition) is 7. The Labute approximate surface area is 215 Å². The third-order valence-electron chi connectivity index (χ3n) is 6.33. The van der Waals surface area contributed by atoms with Crippen molar-refractivity contribution in [2.75, 3.05) is 18.1 Å². The molecule has 1 aliphatic rings. The summed E-state index contributed by atoms with van der Waals surface area (Å²) in [6, 6.07) is 9.85. The van der Waals surface area contributed by atoms with Crippen LogP contribution in [0.2, 0.25) is 18.1 Å². The maximum atomic E-state index is 13.6. The smallest absolute Gasteiger partial charge is 0.336 e. The minimum absolute atomic E-state index is 0.0669. The summed E-state index contributed by atoms with van der Waals surface area (Å²) in [5.41, 5.74) is 0.172. The van der Waals surface area contributed by atoms with E-state index >= 15 is 0 Å². The minimum Gasteiger partial charge on any atom is -0.464 e. The number of carbonyl (C=O) groups is 2. The molecule has 0 aromatic heterocycles. The normalized spacial score (nSPS) is 18.6. The molecular weight excluding hydrogens is 485 g/mol. The van der Waals surface area contributed by atoms with E-state index in [9.17, 15) is 9.59 Å². The van der Waals surface area contributed by atoms with E-state index in [2.05, 4.69) is 33.9 Å². The fourth-order valence-corrected chi connectivity index (χ4v) is 7.72. The number of thioether (sulfide) groups is 2. The van der Waals surface area contributed by atoms with Crippen molar-refractivity contribution in [1.29, 1.82) is 0 Å². The zero-order valence-corrected chi connectivity index (χ0v) is 24.9. The lowest BCUT2D eigenvalue weighted by Crippen LogP contribution is -2.55. The highest BCUT2D eigenvalue weighted by atomic mass is 32.2. The van der Waals surface area contributed by atoms with E-state index in [0.29, 0.717) is 0 Å². The van der Waals surface area contributed by atoms with Gasteiger partial charge in [0.15, 0.2) is 18.5 Å². The van der Waals surface area contributed by atoms with E-state index in [1.807, 2.05) is 51.1 Å². The molecule has 1 fully saturated rings. The van der Waals surface area contributed by atoms with Crippen LogP contribution in [0.3, 0.4) is 0 Å². The summed E-state index contributed by atoms with van der Waals surface area (Å²) in [5, 5.41) is -0.0669. The van der Waals surface area contributed by atoms with Crippen LogP contribution in [-0.4, -0.2) is 48.6 Å². The quantitative estimate of drug-likeness (QED) is 0.271. The highest BCUT2D eigenvalue weighted by Crippen LogP contribution is 2.52. The second-order valence-corrected chi connectivity index (χ2v) is 18.9. The Balaban J connectivity index is 2.72. The largest absolute Gasteiger partial charge is 0.464 e. The van der Waals surface area contributed by atoms with Gasteiger partial charge in [-0.25, -0.2) is 4.79 Å². The molecule has 1 saturated heterocycles. The molecular formula is C26H42O5S2Si. The van der Waals surface area contributed by atoms with Gasteiger partial charge in [-0.3, -0.25) is 4.79 Å². The van der Waals surface area contributed by atoms with Crippen LogP contribution in [-0.2, 0) is 23.5 Å². The van der Waals surface area contributed by atoms with E-state index in [4.69, 9.17) is 13.9 Å². The van der Waals surface area contributed by atoms with Crippen molar-refractivity contribution in [3.63, 3.8) is 0 Å². The third-order valence-corrected chi connectivity index (χ3v) is 14.1.